The number of halogens is 4. The lowest BCUT2D eigenvalue weighted by Gasteiger charge is -2.17. The summed E-state index contributed by atoms with van der Waals surface area (Å²) in [6.45, 7) is 0. The third-order valence-corrected chi connectivity index (χ3v) is 6.23. The minimum Gasteiger partial charge on any atom is -0.365 e. The second-order valence-corrected chi connectivity index (χ2v) is 8.48. The van der Waals surface area contributed by atoms with Crippen molar-refractivity contribution in [2.24, 2.45) is 0 Å². The molecule has 5 rings (SSSR count). The molecule has 1 fully saturated rings. The monoisotopic (exact) mass is 473 g/mol. The van der Waals surface area contributed by atoms with Gasteiger partial charge in [-0.15, -0.1) is 0 Å². The van der Waals surface area contributed by atoms with Crippen molar-refractivity contribution in [1.29, 1.82) is 0 Å². The first-order valence-corrected chi connectivity index (χ1v) is 11.0. The first kappa shape index (κ1) is 21.9. The molecule has 2 aliphatic heterocycles. The van der Waals surface area contributed by atoms with E-state index in [0.717, 1.165) is 36.2 Å². The maximum atomic E-state index is 13.2. The van der Waals surface area contributed by atoms with Crippen molar-refractivity contribution in [3.05, 3.63) is 76.4 Å². The van der Waals surface area contributed by atoms with Gasteiger partial charge in [-0.05, 0) is 49.5 Å². The number of ether oxygens (including phenoxy) is 1. The molecule has 0 radical (unpaired) electrons. The number of aromatic nitrogens is 2. The number of rotatable bonds is 4. The molecule has 1 saturated heterocycles. The maximum Gasteiger partial charge on any atom is 0.433 e. The fraction of sp³-hybridized carbons (Fsp3) is 0.292. The SMILES string of the molecule is O=C(Nc1ccc(C2=CCCC=C2)c(Cl)c1)C1=C(c2nccc(C(F)(F)F)n2)C2CCC1O2. The minimum atomic E-state index is -4.61. The summed E-state index contributed by atoms with van der Waals surface area (Å²) in [5.41, 5.74) is 1.90. The number of benzene rings is 1. The van der Waals surface area contributed by atoms with Crippen molar-refractivity contribution in [1.82, 2.24) is 9.97 Å². The Morgan fingerprint density at radius 3 is 2.70 bits per heavy atom. The van der Waals surface area contributed by atoms with Crippen LogP contribution in [0.2, 0.25) is 5.02 Å². The standard InChI is InChI=1S/C24H19ClF3N3O2/c25-16-12-14(6-7-15(16)13-4-2-1-3-5-13)30-23(32)21-18-9-8-17(33-18)20(21)22-29-11-10-19(31-22)24(26,27)28/h2,4-7,10-12,17-18H,1,3,8-9H2,(H,30,32). The number of fused-ring (bicyclic) bond motifs is 2. The van der Waals surface area contributed by atoms with Gasteiger partial charge in [0.1, 0.15) is 5.69 Å². The number of nitrogens with zero attached hydrogens (tertiary/aromatic N) is 2. The van der Waals surface area contributed by atoms with Crippen LogP contribution in [0, 0.1) is 0 Å². The van der Waals surface area contributed by atoms with Crippen LogP contribution in [0.4, 0.5) is 18.9 Å². The molecule has 9 heteroatoms. The van der Waals surface area contributed by atoms with Gasteiger partial charge in [0, 0.05) is 23.0 Å². The zero-order valence-electron chi connectivity index (χ0n) is 17.3. The number of alkyl halides is 3. The first-order valence-electron chi connectivity index (χ1n) is 10.6. The van der Waals surface area contributed by atoms with E-state index in [1.807, 2.05) is 12.1 Å². The highest BCUT2D eigenvalue weighted by Gasteiger charge is 2.45. The van der Waals surface area contributed by atoms with Crippen LogP contribution in [0.1, 0.15) is 42.8 Å². The second-order valence-electron chi connectivity index (χ2n) is 8.07. The van der Waals surface area contributed by atoms with Crippen LogP contribution < -0.4 is 5.32 Å². The lowest BCUT2D eigenvalue weighted by atomic mass is 9.90. The van der Waals surface area contributed by atoms with E-state index >= 15 is 0 Å². The van der Waals surface area contributed by atoms with E-state index in [1.54, 1.807) is 12.1 Å². The molecule has 0 saturated carbocycles. The lowest BCUT2D eigenvalue weighted by molar-refractivity contribution is -0.141. The van der Waals surface area contributed by atoms with E-state index in [-0.39, 0.29) is 11.4 Å². The molecule has 33 heavy (non-hydrogen) atoms. The van der Waals surface area contributed by atoms with Crippen molar-refractivity contribution < 1.29 is 22.7 Å². The Bertz CT molecular complexity index is 1220. The van der Waals surface area contributed by atoms with Crippen molar-refractivity contribution in [2.75, 3.05) is 5.32 Å². The highest BCUT2D eigenvalue weighted by atomic mass is 35.5. The third kappa shape index (κ3) is 4.20. The molecule has 1 amide bonds. The summed E-state index contributed by atoms with van der Waals surface area (Å²) in [4.78, 5) is 20.9. The van der Waals surface area contributed by atoms with Gasteiger partial charge in [-0.3, -0.25) is 4.79 Å². The zero-order chi connectivity index (χ0) is 23.2. The molecular weight excluding hydrogens is 455 g/mol. The summed E-state index contributed by atoms with van der Waals surface area (Å²) < 4.78 is 45.3. The van der Waals surface area contributed by atoms with Gasteiger partial charge in [0.2, 0.25) is 0 Å². The average molecular weight is 474 g/mol. The molecule has 1 aliphatic carbocycles. The summed E-state index contributed by atoms with van der Waals surface area (Å²) >= 11 is 6.46. The maximum absolute atomic E-state index is 13.2. The summed E-state index contributed by atoms with van der Waals surface area (Å²) in [7, 11) is 0. The van der Waals surface area contributed by atoms with Crippen molar-refractivity contribution in [2.45, 2.75) is 44.1 Å². The normalized spacial score (nSPS) is 22.0. The molecular formula is C24H19ClF3N3O2. The predicted octanol–water partition coefficient (Wildman–Crippen LogP) is 5.84. The number of carbonyl (C=O) groups excluding carboxylic acids is 1. The van der Waals surface area contributed by atoms with E-state index in [4.69, 9.17) is 16.3 Å². The molecule has 2 unspecified atom stereocenters. The average Bonchev–Trinajstić information content (AvgIpc) is 3.41. The van der Waals surface area contributed by atoms with Crippen molar-refractivity contribution in [3.63, 3.8) is 0 Å². The van der Waals surface area contributed by atoms with E-state index in [1.165, 1.54) is 0 Å². The van der Waals surface area contributed by atoms with Crippen molar-refractivity contribution >= 4 is 34.3 Å². The lowest BCUT2D eigenvalue weighted by Crippen LogP contribution is -2.24. The molecule has 1 aromatic heterocycles. The summed E-state index contributed by atoms with van der Waals surface area (Å²) in [5.74, 6) is -0.592. The van der Waals surface area contributed by atoms with Gasteiger partial charge < -0.3 is 10.1 Å². The topological polar surface area (TPSA) is 64.1 Å². The van der Waals surface area contributed by atoms with Crippen LogP contribution in [-0.4, -0.2) is 28.1 Å². The number of hydrogen-bond acceptors (Lipinski definition) is 4. The Balaban J connectivity index is 1.45. The molecule has 0 spiro atoms. The highest BCUT2D eigenvalue weighted by molar-refractivity contribution is 6.33. The molecule has 1 N–H and O–H groups in total. The van der Waals surface area contributed by atoms with Gasteiger partial charge in [-0.25, -0.2) is 9.97 Å². The highest BCUT2D eigenvalue weighted by Crippen LogP contribution is 2.44. The molecule has 170 valence electrons. The number of nitrogens with one attached hydrogen (secondary N) is 1. The number of amides is 1. The Hall–Kier alpha value is -2.97. The number of carbonyl (C=O) groups is 1. The van der Waals surface area contributed by atoms with Crippen LogP contribution in [0.25, 0.3) is 11.1 Å². The van der Waals surface area contributed by atoms with Gasteiger partial charge in [0.25, 0.3) is 5.91 Å². The Kier molecular flexibility index (Phi) is 5.58. The van der Waals surface area contributed by atoms with Crippen LogP contribution in [-0.2, 0) is 15.7 Å². The smallest absolute Gasteiger partial charge is 0.365 e. The molecule has 3 aliphatic rings. The van der Waals surface area contributed by atoms with Gasteiger partial charge in [0.15, 0.2) is 5.82 Å². The molecule has 5 nitrogen and oxygen atoms in total. The van der Waals surface area contributed by atoms with Crippen LogP contribution in [0.15, 0.2) is 54.3 Å². The van der Waals surface area contributed by atoms with Gasteiger partial charge in [-0.2, -0.15) is 13.2 Å². The first-order chi connectivity index (χ1) is 15.8. The summed E-state index contributed by atoms with van der Waals surface area (Å²) in [6.07, 6.45) is 4.78. The molecule has 2 atom stereocenters. The molecule has 3 heterocycles. The largest absolute Gasteiger partial charge is 0.433 e. The van der Waals surface area contributed by atoms with Crippen LogP contribution in [0.3, 0.4) is 0 Å². The molecule has 1 aromatic carbocycles. The predicted molar refractivity (Wildman–Crippen MR) is 118 cm³/mol. The van der Waals surface area contributed by atoms with Crippen molar-refractivity contribution in [3.8, 4) is 0 Å². The fourth-order valence-corrected chi connectivity index (χ4v) is 4.72. The summed E-state index contributed by atoms with van der Waals surface area (Å²) in [5, 5.41) is 3.30. The number of anilines is 1. The quantitative estimate of drug-likeness (QED) is 0.606. The van der Waals surface area contributed by atoms with Gasteiger partial charge >= 0.3 is 6.18 Å². The van der Waals surface area contributed by atoms with E-state index < -0.39 is 30.0 Å². The summed E-state index contributed by atoms with van der Waals surface area (Å²) in [6, 6.07) is 6.05. The van der Waals surface area contributed by atoms with Crippen LogP contribution in [0.5, 0.6) is 0 Å². The van der Waals surface area contributed by atoms with E-state index in [9.17, 15) is 18.0 Å². The van der Waals surface area contributed by atoms with Gasteiger partial charge in [0.05, 0.1) is 22.8 Å². The van der Waals surface area contributed by atoms with Gasteiger partial charge in [-0.1, -0.05) is 35.9 Å². The van der Waals surface area contributed by atoms with E-state index in [2.05, 4.69) is 27.4 Å². The fourth-order valence-electron chi connectivity index (χ4n) is 4.43. The Morgan fingerprint density at radius 2 is 1.97 bits per heavy atom. The Morgan fingerprint density at radius 1 is 1.15 bits per heavy atom. The molecule has 2 bridgehead atoms. The van der Waals surface area contributed by atoms with E-state index in [0.29, 0.717) is 29.1 Å². The molecule has 2 aromatic rings. The number of hydrogen-bond donors (Lipinski definition) is 1. The van der Waals surface area contributed by atoms with Crippen LogP contribution >= 0.6 is 11.6 Å². The third-order valence-electron chi connectivity index (χ3n) is 5.92. The zero-order valence-corrected chi connectivity index (χ0v) is 18.1. The number of allylic oxidation sites excluding steroid dienone is 4. The second kappa shape index (κ2) is 8.43. The minimum absolute atomic E-state index is 0.133. The Labute approximate surface area is 193 Å².